The van der Waals surface area contributed by atoms with E-state index in [1.54, 1.807) is 19.1 Å². The molecule has 2 rings (SSSR count). The zero-order valence-electron chi connectivity index (χ0n) is 14.4. The lowest BCUT2D eigenvalue weighted by atomic mass is 10.0. The van der Waals surface area contributed by atoms with Gasteiger partial charge in [0.25, 0.3) is 0 Å². The number of aliphatic hydroxyl groups is 1. The number of hydrogen-bond donors (Lipinski definition) is 3. The predicted molar refractivity (Wildman–Crippen MR) is 102 cm³/mol. The average Bonchev–Trinajstić information content (AvgIpc) is 3.13. The number of nitrogens with zero attached hydrogens (tertiary/aromatic N) is 2. The number of aryl methyl sites for hydroxylation is 2. The molecule has 0 aliphatic heterocycles. The maximum absolute atomic E-state index is 10.4. The van der Waals surface area contributed by atoms with Crippen LogP contribution in [0.5, 0.6) is 0 Å². The molecule has 0 aliphatic carbocycles. The highest BCUT2D eigenvalue weighted by atomic mass is 127. The molecular formula is C16H25IN4O3. The van der Waals surface area contributed by atoms with Crippen molar-refractivity contribution in [1.82, 2.24) is 15.6 Å². The lowest BCUT2D eigenvalue weighted by Gasteiger charge is -2.22. The van der Waals surface area contributed by atoms with Gasteiger partial charge in [0.2, 0.25) is 5.89 Å². The van der Waals surface area contributed by atoms with Gasteiger partial charge in [-0.25, -0.2) is 9.98 Å². The summed E-state index contributed by atoms with van der Waals surface area (Å²) in [6.45, 7) is 8.72. The molecule has 1 unspecified atom stereocenters. The summed E-state index contributed by atoms with van der Waals surface area (Å²) >= 11 is 0. The molecule has 2 aromatic rings. The number of halogens is 1. The van der Waals surface area contributed by atoms with Crippen LogP contribution in [0, 0.1) is 13.8 Å². The highest BCUT2D eigenvalue weighted by Gasteiger charge is 2.26. The van der Waals surface area contributed by atoms with Crippen molar-refractivity contribution < 1.29 is 13.9 Å². The summed E-state index contributed by atoms with van der Waals surface area (Å²) in [4.78, 5) is 8.72. The van der Waals surface area contributed by atoms with Crippen LogP contribution in [0.25, 0.3) is 0 Å². The minimum absolute atomic E-state index is 0. The summed E-state index contributed by atoms with van der Waals surface area (Å²) in [7, 11) is 0. The number of rotatable bonds is 6. The SMILES string of the molecule is CCNC(=NCc1nc(C)c(C)o1)NCC(C)(O)c1ccco1.I. The van der Waals surface area contributed by atoms with E-state index in [1.165, 1.54) is 6.26 Å². The van der Waals surface area contributed by atoms with Crippen molar-refractivity contribution >= 4 is 29.9 Å². The van der Waals surface area contributed by atoms with Crippen LogP contribution < -0.4 is 10.6 Å². The van der Waals surface area contributed by atoms with E-state index in [0.29, 0.717) is 30.7 Å². The fourth-order valence-electron chi connectivity index (χ4n) is 2.02. The summed E-state index contributed by atoms with van der Waals surface area (Å²) < 4.78 is 10.8. The summed E-state index contributed by atoms with van der Waals surface area (Å²) in [5.41, 5.74) is -0.260. The van der Waals surface area contributed by atoms with Crippen molar-refractivity contribution in [1.29, 1.82) is 0 Å². The Morgan fingerprint density at radius 2 is 2.12 bits per heavy atom. The Kier molecular flexibility index (Phi) is 7.74. The number of oxazole rings is 1. The van der Waals surface area contributed by atoms with Crippen LogP contribution in [0.2, 0.25) is 0 Å². The van der Waals surface area contributed by atoms with Gasteiger partial charge in [0.15, 0.2) is 5.96 Å². The van der Waals surface area contributed by atoms with Gasteiger partial charge < -0.3 is 24.6 Å². The first-order valence-electron chi connectivity index (χ1n) is 7.64. The van der Waals surface area contributed by atoms with Crippen molar-refractivity contribution in [3.8, 4) is 0 Å². The smallest absolute Gasteiger partial charge is 0.216 e. The van der Waals surface area contributed by atoms with Crippen LogP contribution in [-0.2, 0) is 12.1 Å². The van der Waals surface area contributed by atoms with E-state index in [-0.39, 0.29) is 30.5 Å². The van der Waals surface area contributed by atoms with Crippen molar-refractivity contribution in [3.63, 3.8) is 0 Å². The lowest BCUT2D eigenvalue weighted by molar-refractivity contribution is 0.0386. The van der Waals surface area contributed by atoms with Gasteiger partial charge in [0, 0.05) is 6.54 Å². The van der Waals surface area contributed by atoms with Gasteiger partial charge in [-0.15, -0.1) is 24.0 Å². The van der Waals surface area contributed by atoms with Gasteiger partial charge in [0.1, 0.15) is 23.7 Å². The summed E-state index contributed by atoms with van der Waals surface area (Å²) in [6, 6.07) is 3.49. The van der Waals surface area contributed by atoms with Crippen molar-refractivity contribution in [2.45, 2.75) is 39.8 Å². The lowest BCUT2D eigenvalue weighted by Crippen LogP contribution is -2.44. The van der Waals surface area contributed by atoms with Gasteiger partial charge in [-0.05, 0) is 39.8 Å². The minimum atomic E-state index is -1.13. The first kappa shape index (κ1) is 20.5. The van der Waals surface area contributed by atoms with E-state index in [1.807, 2.05) is 20.8 Å². The molecule has 8 heteroatoms. The number of guanidine groups is 1. The van der Waals surface area contributed by atoms with E-state index in [4.69, 9.17) is 8.83 Å². The monoisotopic (exact) mass is 448 g/mol. The topological polar surface area (TPSA) is 95.8 Å². The van der Waals surface area contributed by atoms with Crippen LogP contribution >= 0.6 is 24.0 Å². The molecule has 0 saturated heterocycles. The molecular weight excluding hydrogens is 423 g/mol. The maximum Gasteiger partial charge on any atom is 0.216 e. The van der Waals surface area contributed by atoms with Crippen molar-refractivity contribution in [2.75, 3.05) is 13.1 Å². The van der Waals surface area contributed by atoms with Crippen molar-refractivity contribution in [3.05, 3.63) is 41.5 Å². The summed E-state index contributed by atoms with van der Waals surface area (Å²) in [6.07, 6.45) is 1.54. The molecule has 24 heavy (non-hydrogen) atoms. The van der Waals surface area contributed by atoms with Crippen LogP contribution in [0.4, 0.5) is 0 Å². The third-order valence-electron chi connectivity index (χ3n) is 3.44. The van der Waals surface area contributed by atoms with Gasteiger partial charge in [-0.2, -0.15) is 0 Å². The van der Waals surface area contributed by atoms with E-state index in [2.05, 4.69) is 20.6 Å². The molecule has 0 bridgehead atoms. The summed E-state index contributed by atoms with van der Waals surface area (Å²) in [5.74, 6) is 2.44. The molecule has 1 atom stereocenters. The molecule has 0 aliphatic rings. The average molecular weight is 448 g/mol. The van der Waals surface area contributed by atoms with Gasteiger partial charge in [0.05, 0.1) is 18.5 Å². The number of aliphatic imine (C=N–C) groups is 1. The number of aromatic nitrogens is 1. The Hall–Kier alpha value is -1.55. The molecule has 0 aromatic carbocycles. The molecule has 0 spiro atoms. The third-order valence-corrected chi connectivity index (χ3v) is 3.44. The molecule has 0 fully saturated rings. The number of furan rings is 1. The second-order valence-corrected chi connectivity index (χ2v) is 5.55. The van der Waals surface area contributed by atoms with Crippen LogP contribution in [0.1, 0.15) is 37.0 Å². The Bertz CT molecular complexity index is 631. The summed E-state index contributed by atoms with van der Waals surface area (Å²) in [5, 5.41) is 16.7. The standard InChI is InChI=1S/C16H24N4O3.HI/c1-5-17-15(18-9-14-20-11(2)12(3)23-14)19-10-16(4,21)13-7-6-8-22-13;/h6-8,21H,5,9-10H2,1-4H3,(H2,17,18,19);1H. The fraction of sp³-hybridized carbons (Fsp3) is 0.500. The van der Waals surface area contributed by atoms with Gasteiger partial charge in [-0.1, -0.05) is 0 Å². The normalized spacial score (nSPS) is 14.0. The second kappa shape index (κ2) is 9.07. The Morgan fingerprint density at radius 3 is 2.67 bits per heavy atom. The van der Waals surface area contributed by atoms with Crippen molar-refractivity contribution in [2.24, 2.45) is 4.99 Å². The zero-order valence-corrected chi connectivity index (χ0v) is 16.8. The van der Waals surface area contributed by atoms with E-state index >= 15 is 0 Å². The first-order chi connectivity index (χ1) is 10.9. The zero-order chi connectivity index (χ0) is 16.9. The Morgan fingerprint density at radius 1 is 1.38 bits per heavy atom. The molecule has 0 radical (unpaired) electrons. The third kappa shape index (κ3) is 5.52. The fourth-order valence-corrected chi connectivity index (χ4v) is 2.02. The predicted octanol–water partition coefficient (Wildman–Crippen LogP) is 2.47. The quantitative estimate of drug-likeness (QED) is 0.357. The largest absolute Gasteiger partial charge is 0.466 e. The molecule has 134 valence electrons. The van der Waals surface area contributed by atoms with Crippen LogP contribution in [0.3, 0.4) is 0 Å². The van der Waals surface area contributed by atoms with Crippen LogP contribution in [0.15, 0.2) is 32.2 Å². The molecule has 7 nitrogen and oxygen atoms in total. The van der Waals surface area contributed by atoms with Crippen LogP contribution in [-0.4, -0.2) is 29.1 Å². The van der Waals surface area contributed by atoms with Gasteiger partial charge >= 0.3 is 0 Å². The highest BCUT2D eigenvalue weighted by Crippen LogP contribution is 2.19. The molecule has 3 N–H and O–H groups in total. The first-order valence-corrected chi connectivity index (χ1v) is 7.64. The second-order valence-electron chi connectivity index (χ2n) is 5.55. The minimum Gasteiger partial charge on any atom is -0.466 e. The molecule has 0 amide bonds. The van der Waals surface area contributed by atoms with E-state index in [0.717, 1.165) is 11.5 Å². The number of hydrogen-bond acceptors (Lipinski definition) is 5. The number of nitrogens with one attached hydrogen (secondary N) is 2. The Labute approximate surface area is 159 Å². The molecule has 2 heterocycles. The van der Waals surface area contributed by atoms with E-state index < -0.39 is 5.60 Å². The van der Waals surface area contributed by atoms with Gasteiger partial charge in [-0.3, -0.25) is 0 Å². The molecule has 0 saturated carbocycles. The highest BCUT2D eigenvalue weighted by molar-refractivity contribution is 14.0. The maximum atomic E-state index is 10.4. The Balaban J connectivity index is 0.00000288. The van der Waals surface area contributed by atoms with E-state index in [9.17, 15) is 5.11 Å². The molecule has 2 aromatic heterocycles.